The molecule has 0 radical (unpaired) electrons. The van der Waals surface area contributed by atoms with Gasteiger partial charge in [0.05, 0.1) is 14.0 Å². The summed E-state index contributed by atoms with van der Waals surface area (Å²) in [5, 5.41) is 12.3. The van der Waals surface area contributed by atoms with Crippen LogP contribution in [0.1, 0.15) is 6.42 Å². The molecule has 16 heavy (non-hydrogen) atoms. The Kier molecular flexibility index (Phi) is 2.57. The molecule has 0 unspecified atom stereocenters. The van der Waals surface area contributed by atoms with Gasteiger partial charge in [0.2, 0.25) is 0 Å². The third-order valence-electron chi connectivity index (χ3n) is 2.76. The van der Waals surface area contributed by atoms with Crippen LogP contribution >= 0.6 is 27.3 Å². The highest BCUT2D eigenvalue weighted by molar-refractivity contribution is 9.11. The zero-order valence-corrected chi connectivity index (χ0v) is 10.8. The van der Waals surface area contributed by atoms with Crippen molar-refractivity contribution in [3.8, 4) is 0 Å². The molecule has 84 valence electrons. The summed E-state index contributed by atoms with van der Waals surface area (Å²) in [5.41, 5.74) is 0.954. The van der Waals surface area contributed by atoms with Gasteiger partial charge in [-0.25, -0.2) is 9.97 Å². The Labute approximate surface area is 105 Å². The summed E-state index contributed by atoms with van der Waals surface area (Å²) < 4.78 is 2.12. The summed E-state index contributed by atoms with van der Waals surface area (Å²) in [4.78, 5) is 8.46. The predicted molar refractivity (Wildman–Crippen MR) is 67.7 cm³/mol. The fourth-order valence-corrected chi connectivity index (χ4v) is 3.22. The third-order valence-corrected chi connectivity index (χ3v) is 4.39. The molecule has 0 aromatic carbocycles. The SMILES string of the molecule is OC[C@@H]1C[C@H]1Nc1ncnc2cc(Br)sc12. The van der Waals surface area contributed by atoms with Crippen LogP contribution in [0.5, 0.6) is 0 Å². The van der Waals surface area contributed by atoms with Crippen molar-refractivity contribution >= 4 is 43.3 Å². The number of thiophene rings is 1. The lowest BCUT2D eigenvalue weighted by molar-refractivity contribution is 0.275. The first kappa shape index (κ1) is 10.4. The molecule has 1 aliphatic rings. The molecule has 0 aliphatic heterocycles. The smallest absolute Gasteiger partial charge is 0.147 e. The van der Waals surface area contributed by atoms with Crippen molar-refractivity contribution in [2.45, 2.75) is 12.5 Å². The van der Waals surface area contributed by atoms with Crippen LogP contribution in [0.3, 0.4) is 0 Å². The highest BCUT2D eigenvalue weighted by Gasteiger charge is 2.36. The molecule has 0 bridgehead atoms. The lowest BCUT2D eigenvalue weighted by Gasteiger charge is -2.04. The van der Waals surface area contributed by atoms with E-state index in [9.17, 15) is 0 Å². The maximum Gasteiger partial charge on any atom is 0.147 e. The normalized spacial score (nSPS) is 23.6. The van der Waals surface area contributed by atoms with Crippen LogP contribution < -0.4 is 5.32 Å². The van der Waals surface area contributed by atoms with Crippen LogP contribution in [0.2, 0.25) is 0 Å². The topological polar surface area (TPSA) is 58.0 Å². The van der Waals surface area contributed by atoms with Crippen molar-refractivity contribution in [3.63, 3.8) is 0 Å². The Bertz CT molecular complexity index is 530. The average molecular weight is 300 g/mol. The Morgan fingerprint density at radius 3 is 3.19 bits per heavy atom. The fraction of sp³-hybridized carbons (Fsp3) is 0.400. The average Bonchev–Trinajstić information content (AvgIpc) is 2.90. The summed E-state index contributed by atoms with van der Waals surface area (Å²) in [7, 11) is 0. The monoisotopic (exact) mass is 299 g/mol. The van der Waals surface area contributed by atoms with Gasteiger partial charge in [-0.05, 0) is 28.4 Å². The van der Waals surface area contributed by atoms with Gasteiger partial charge in [0.15, 0.2) is 0 Å². The molecule has 2 aromatic heterocycles. The first-order valence-corrected chi connectivity index (χ1v) is 6.66. The number of fused-ring (bicyclic) bond motifs is 1. The highest BCUT2D eigenvalue weighted by Crippen LogP contribution is 2.37. The van der Waals surface area contributed by atoms with E-state index >= 15 is 0 Å². The minimum Gasteiger partial charge on any atom is -0.396 e. The number of hydrogen-bond donors (Lipinski definition) is 2. The predicted octanol–water partition coefficient (Wildman–Crippen LogP) is 2.25. The Morgan fingerprint density at radius 2 is 2.44 bits per heavy atom. The molecule has 3 rings (SSSR count). The van der Waals surface area contributed by atoms with Crippen LogP contribution in [-0.2, 0) is 0 Å². The first-order chi connectivity index (χ1) is 7.78. The second kappa shape index (κ2) is 3.94. The molecule has 0 spiro atoms. The van der Waals surface area contributed by atoms with E-state index in [4.69, 9.17) is 5.11 Å². The second-order valence-corrected chi connectivity index (χ2v) is 6.35. The number of aliphatic hydroxyl groups excluding tert-OH is 1. The fourth-order valence-electron chi connectivity index (χ4n) is 1.73. The third kappa shape index (κ3) is 1.81. The Morgan fingerprint density at radius 1 is 1.56 bits per heavy atom. The number of rotatable bonds is 3. The largest absolute Gasteiger partial charge is 0.396 e. The molecular formula is C10H10BrN3OS. The van der Waals surface area contributed by atoms with Crippen molar-refractivity contribution in [2.75, 3.05) is 11.9 Å². The van der Waals surface area contributed by atoms with Gasteiger partial charge in [-0.2, -0.15) is 0 Å². The van der Waals surface area contributed by atoms with Crippen molar-refractivity contribution in [1.29, 1.82) is 0 Å². The number of aliphatic hydroxyl groups is 1. The minimum absolute atomic E-state index is 0.250. The van der Waals surface area contributed by atoms with Crippen LogP contribution in [0.4, 0.5) is 5.82 Å². The quantitative estimate of drug-likeness (QED) is 0.913. The molecule has 4 nitrogen and oxygen atoms in total. The maximum atomic E-state index is 8.99. The number of nitrogens with zero attached hydrogens (tertiary/aromatic N) is 2. The van der Waals surface area contributed by atoms with E-state index in [0.717, 1.165) is 26.2 Å². The van der Waals surface area contributed by atoms with Crippen LogP contribution in [-0.4, -0.2) is 27.7 Å². The number of aromatic nitrogens is 2. The second-order valence-electron chi connectivity index (χ2n) is 3.92. The van der Waals surface area contributed by atoms with E-state index in [0.29, 0.717) is 12.0 Å². The van der Waals surface area contributed by atoms with Crippen LogP contribution in [0.15, 0.2) is 16.2 Å². The van der Waals surface area contributed by atoms with Gasteiger partial charge in [-0.15, -0.1) is 11.3 Å². The summed E-state index contributed by atoms with van der Waals surface area (Å²) in [5.74, 6) is 1.26. The van der Waals surface area contributed by atoms with Crippen LogP contribution in [0.25, 0.3) is 10.2 Å². The molecule has 0 saturated heterocycles. The first-order valence-electron chi connectivity index (χ1n) is 5.05. The van der Waals surface area contributed by atoms with E-state index in [1.807, 2.05) is 6.07 Å². The van der Waals surface area contributed by atoms with Crippen molar-refractivity contribution < 1.29 is 5.11 Å². The number of hydrogen-bond acceptors (Lipinski definition) is 5. The summed E-state index contributed by atoms with van der Waals surface area (Å²) in [6.45, 7) is 0.250. The van der Waals surface area contributed by atoms with E-state index < -0.39 is 0 Å². The summed E-state index contributed by atoms with van der Waals surface area (Å²) in [6, 6.07) is 2.35. The molecule has 0 amide bonds. The van der Waals surface area contributed by atoms with Crippen molar-refractivity contribution in [2.24, 2.45) is 5.92 Å². The van der Waals surface area contributed by atoms with Gasteiger partial charge < -0.3 is 10.4 Å². The molecular weight excluding hydrogens is 290 g/mol. The Hall–Kier alpha value is -0.720. The van der Waals surface area contributed by atoms with Crippen LogP contribution in [0, 0.1) is 5.92 Å². The molecule has 2 heterocycles. The molecule has 1 aliphatic carbocycles. The summed E-state index contributed by atoms with van der Waals surface area (Å²) in [6.07, 6.45) is 2.59. The van der Waals surface area contributed by atoms with Gasteiger partial charge in [-0.3, -0.25) is 0 Å². The lowest BCUT2D eigenvalue weighted by Crippen LogP contribution is -2.07. The molecule has 6 heteroatoms. The molecule has 2 atom stereocenters. The van der Waals surface area contributed by atoms with Gasteiger partial charge >= 0.3 is 0 Å². The number of nitrogens with one attached hydrogen (secondary N) is 1. The van der Waals surface area contributed by atoms with Crippen molar-refractivity contribution in [1.82, 2.24) is 9.97 Å². The van der Waals surface area contributed by atoms with E-state index in [-0.39, 0.29) is 6.61 Å². The van der Waals surface area contributed by atoms with Gasteiger partial charge in [0, 0.05) is 18.6 Å². The lowest BCUT2D eigenvalue weighted by atomic mass is 10.4. The molecule has 1 fully saturated rings. The zero-order valence-electron chi connectivity index (χ0n) is 8.35. The van der Waals surface area contributed by atoms with Crippen molar-refractivity contribution in [3.05, 3.63) is 16.2 Å². The van der Waals surface area contributed by atoms with Gasteiger partial charge in [-0.1, -0.05) is 0 Å². The van der Waals surface area contributed by atoms with Gasteiger partial charge in [0.25, 0.3) is 0 Å². The standard InChI is InChI=1S/C10H10BrN3OS/c11-8-2-7-9(16-8)10(13-4-12-7)14-6-1-5(6)3-15/h2,4-6,15H,1,3H2,(H,12,13,14)/t5-,6+/m0/s1. The molecule has 2 N–H and O–H groups in total. The molecule has 1 saturated carbocycles. The highest BCUT2D eigenvalue weighted by atomic mass is 79.9. The number of halogens is 1. The number of anilines is 1. The Balaban J connectivity index is 1.91. The van der Waals surface area contributed by atoms with Gasteiger partial charge in [0.1, 0.15) is 12.1 Å². The summed E-state index contributed by atoms with van der Waals surface area (Å²) >= 11 is 5.07. The van der Waals surface area contributed by atoms with E-state index in [1.165, 1.54) is 0 Å². The minimum atomic E-state index is 0.250. The van der Waals surface area contributed by atoms with E-state index in [2.05, 4.69) is 31.2 Å². The maximum absolute atomic E-state index is 8.99. The van der Waals surface area contributed by atoms with E-state index in [1.54, 1.807) is 17.7 Å². The zero-order chi connectivity index (χ0) is 11.1. The molecule has 2 aromatic rings.